The van der Waals surface area contributed by atoms with Crippen LogP contribution in [-0.2, 0) is 29.1 Å². The van der Waals surface area contributed by atoms with Crippen molar-refractivity contribution in [1.82, 2.24) is 15.2 Å². The number of nitrogens with one attached hydrogen (secondary N) is 1. The SMILES string of the molecule is O=C(NCc1cccnc1)C(c1ccccc1)N(Cc1ccc(F)cc1)C(=O)Cc1ccc(Cl)cc1. The minimum absolute atomic E-state index is 0.0809. The van der Waals surface area contributed by atoms with E-state index in [9.17, 15) is 14.0 Å². The lowest BCUT2D eigenvalue weighted by Crippen LogP contribution is -2.43. The number of hydrogen-bond donors (Lipinski definition) is 1. The van der Waals surface area contributed by atoms with Crippen molar-refractivity contribution < 1.29 is 14.0 Å². The molecule has 4 rings (SSSR count). The van der Waals surface area contributed by atoms with E-state index in [0.717, 1.165) is 11.1 Å². The number of carbonyl (C=O) groups is 2. The van der Waals surface area contributed by atoms with Gasteiger partial charge in [-0.1, -0.05) is 72.3 Å². The number of amides is 2. The van der Waals surface area contributed by atoms with Crippen LogP contribution in [0.1, 0.15) is 28.3 Å². The summed E-state index contributed by atoms with van der Waals surface area (Å²) in [5, 5.41) is 3.52. The predicted molar refractivity (Wildman–Crippen MR) is 137 cm³/mol. The predicted octanol–water partition coefficient (Wildman–Crippen LogP) is 5.50. The van der Waals surface area contributed by atoms with E-state index in [0.29, 0.717) is 16.1 Å². The molecule has 3 aromatic carbocycles. The Morgan fingerprint density at radius 2 is 1.56 bits per heavy atom. The first-order valence-corrected chi connectivity index (χ1v) is 11.9. The highest BCUT2D eigenvalue weighted by atomic mass is 35.5. The molecule has 0 aliphatic carbocycles. The average Bonchev–Trinajstić information content (AvgIpc) is 2.91. The smallest absolute Gasteiger partial charge is 0.247 e. The lowest BCUT2D eigenvalue weighted by molar-refractivity contribution is -0.141. The van der Waals surface area contributed by atoms with Crippen LogP contribution in [0.4, 0.5) is 4.39 Å². The van der Waals surface area contributed by atoms with Gasteiger partial charge in [0.25, 0.3) is 0 Å². The van der Waals surface area contributed by atoms with Gasteiger partial charge in [0.2, 0.25) is 11.8 Å². The quantitative estimate of drug-likeness (QED) is 0.329. The van der Waals surface area contributed by atoms with Gasteiger partial charge in [-0.05, 0) is 52.6 Å². The van der Waals surface area contributed by atoms with E-state index in [1.807, 2.05) is 36.4 Å². The third-order valence-corrected chi connectivity index (χ3v) is 5.97. The largest absolute Gasteiger partial charge is 0.350 e. The van der Waals surface area contributed by atoms with Crippen LogP contribution in [0, 0.1) is 5.82 Å². The van der Waals surface area contributed by atoms with Gasteiger partial charge in [-0.15, -0.1) is 0 Å². The maximum absolute atomic E-state index is 13.7. The van der Waals surface area contributed by atoms with Gasteiger partial charge < -0.3 is 10.2 Å². The molecular weight excluding hydrogens is 477 g/mol. The van der Waals surface area contributed by atoms with Crippen LogP contribution < -0.4 is 5.32 Å². The summed E-state index contributed by atoms with van der Waals surface area (Å²) in [7, 11) is 0. The number of rotatable bonds is 9. The van der Waals surface area contributed by atoms with Crippen molar-refractivity contribution >= 4 is 23.4 Å². The molecule has 0 bridgehead atoms. The summed E-state index contributed by atoms with van der Waals surface area (Å²) in [5.41, 5.74) is 3.00. The number of benzene rings is 3. The third kappa shape index (κ3) is 6.77. The zero-order chi connectivity index (χ0) is 25.3. The van der Waals surface area contributed by atoms with Gasteiger partial charge in [0, 0.05) is 30.5 Å². The van der Waals surface area contributed by atoms with Crippen molar-refractivity contribution in [1.29, 1.82) is 0 Å². The third-order valence-electron chi connectivity index (χ3n) is 5.72. The molecule has 1 heterocycles. The first kappa shape index (κ1) is 25.1. The highest BCUT2D eigenvalue weighted by Gasteiger charge is 2.31. The standard InChI is InChI=1S/C29H25ClFN3O2/c30-25-12-8-21(9-13-25)17-27(35)34(20-22-10-14-26(31)15-11-22)28(24-6-2-1-3-7-24)29(36)33-19-23-5-4-16-32-18-23/h1-16,18,28H,17,19-20H2,(H,33,36). The molecule has 182 valence electrons. The van der Waals surface area contributed by atoms with Gasteiger partial charge in [-0.3, -0.25) is 14.6 Å². The number of nitrogens with zero attached hydrogens (tertiary/aromatic N) is 2. The summed E-state index contributed by atoms with van der Waals surface area (Å²) in [4.78, 5) is 32.9. The molecule has 1 unspecified atom stereocenters. The van der Waals surface area contributed by atoms with E-state index >= 15 is 0 Å². The molecule has 1 atom stereocenters. The highest BCUT2D eigenvalue weighted by Crippen LogP contribution is 2.25. The van der Waals surface area contributed by atoms with E-state index in [1.54, 1.807) is 54.9 Å². The fraction of sp³-hybridized carbons (Fsp3) is 0.138. The number of aromatic nitrogens is 1. The van der Waals surface area contributed by atoms with Gasteiger partial charge in [-0.2, -0.15) is 0 Å². The van der Waals surface area contributed by atoms with Gasteiger partial charge >= 0.3 is 0 Å². The Balaban J connectivity index is 1.67. The summed E-state index contributed by atoms with van der Waals surface area (Å²) in [5.74, 6) is -0.935. The molecule has 1 N–H and O–H groups in total. The molecule has 0 spiro atoms. The number of carbonyl (C=O) groups excluding carboxylic acids is 2. The monoisotopic (exact) mass is 501 g/mol. The van der Waals surface area contributed by atoms with Crippen LogP contribution >= 0.6 is 11.6 Å². The molecule has 7 heteroatoms. The second-order valence-corrected chi connectivity index (χ2v) is 8.78. The van der Waals surface area contributed by atoms with Crippen molar-refractivity contribution in [3.8, 4) is 0 Å². The summed E-state index contributed by atoms with van der Waals surface area (Å²) < 4.78 is 13.6. The Morgan fingerprint density at radius 3 is 2.22 bits per heavy atom. The zero-order valence-electron chi connectivity index (χ0n) is 19.5. The van der Waals surface area contributed by atoms with Gasteiger partial charge in [0.15, 0.2) is 0 Å². The number of pyridine rings is 1. The van der Waals surface area contributed by atoms with Crippen LogP contribution in [-0.4, -0.2) is 21.7 Å². The molecule has 0 saturated heterocycles. The number of halogens is 2. The van der Waals surface area contributed by atoms with E-state index < -0.39 is 6.04 Å². The molecule has 0 saturated carbocycles. The Morgan fingerprint density at radius 1 is 0.861 bits per heavy atom. The topological polar surface area (TPSA) is 62.3 Å². The maximum atomic E-state index is 13.7. The maximum Gasteiger partial charge on any atom is 0.247 e. The minimum atomic E-state index is -0.896. The average molecular weight is 502 g/mol. The lowest BCUT2D eigenvalue weighted by Gasteiger charge is -2.32. The van der Waals surface area contributed by atoms with Crippen molar-refractivity contribution in [2.24, 2.45) is 0 Å². The first-order valence-electron chi connectivity index (χ1n) is 11.5. The molecule has 1 aromatic heterocycles. The van der Waals surface area contributed by atoms with Crippen molar-refractivity contribution in [2.45, 2.75) is 25.6 Å². The molecule has 2 amide bonds. The van der Waals surface area contributed by atoms with Crippen LogP contribution in [0.3, 0.4) is 0 Å². The van der Waals surface area contributed by atoms with E-state index in [1.165, 1.54) is 17.0 Å². The molecule has 0 aliphatic heterocycles. The van der Waals surface area contributed by atoms with Crippen molar-refractivity contribution in [3.05, 3.63) is 136 Å². The highest BCUT2D eigenvalue weighted by molar-refractivity contribution is 6.30. The van der Waals surface area contributed by atoms with Crippen LogP contribution in [0.5, 0.6) is 0 Å². The Labute approximate surface area is 214 Å². The van der Waals surface area contributed by atoms with Gasteiger partial charge in [-0.25, -0.2) is 4.39 Å². The lowest BCUT2D eigenvalue weighted by atomic mass is 10.0. The van der Waals surface area contributed by atoms with Crippen LogP contribution in [0.2, 0.25) is 5.02 Å². The molecular formula is C29H25ClFN3O2. The normalized spacial score (nSPS) is 11.5. The molecule has 0 aliphatic rings. The Kier molecular flexibility index (Phi) is 8.42. The van der Waals surface area contributed by atoms with E-state index in [4.69, 9.17) is 11.6 Å². The molecule has 5 nitrogen and oxygen atoms in total. The second kappa shape index (κ2) is 12.1. The van der Waals surface area contributed by atoms with Crippen LogP contribution in [0.15, 0.2) is 103 Å². The van der Waals surface area contributed by atoms with E-state index in [-0.39, 0.29) is 37.1 Å². The zero-order valence-corrected chi connectivity index (χ0v) is 20.2. The van der Waals surface area contributed by atoms with Crippen LogP contribution in [0.25, 0.3) is 0 Å². The fourth-order valence-corrected chi connectivity index (χ4v) is 4.01. The molecule has 36 heavy (non-hydrogen) atoms. The summed E-state index contributed by atoms with van der Waals surface area (Å²) >= 11 is 6.00. The van der Waals surface area contributed by atoms with E-state index in [2.05, 4.69) is 10.3 Å². The second-order valence-electron chi connectivity index (χ2n) is 8.34. The Hall–Kier alpha value is -4.03. The van der Waals surface area contributed by atoms with Gasteiger partial charge in [0.1, 0.15) is 11.9 Å². The minimum Gasteiger partial charge on any atom is -0.350 e. The molecule has 4 aromatic rings. The number of hydrogen-bond acceptors (Lipinski definition) is 3. The van der Waals surface area contributed by atoms with Crippen molar-refractivity contribution in [2.75, 3.05) is 0 Å². The Bertz CT molecular complexity index is 1280. The van der Waals surface area contributed by atoms with Gasteiger partial charge in [0.05, 0.1) is 6.42 Å². The fourth-order valence-electron chi connectivity index (χ4n) is 3.89. The van der Waals surface area contributed by atoms with Crippen molar-refractivity contribution in [3.63, 3.8) is 0 Å². The first-order chi connectivity index (χ1) is 17.5. The summed E-state index contributed by atoms with van der Waals surface area (Å²) in [6.07, 6.45) is 3.43. The summed E-state index contributed by atoms with van der Waals surface area (Å²) in [6, 6.07) is 24.9. The molecule has 0 radical (unpaired) electrons. The molecule has 0 fully saturated rings. The summed E-state index contributed by atoms with van der Waals surface area (Å²) in [6.45, 7) is 0.401.